The van der Waals surface area contributed by atoms with Crippen molar-refractivity contribution in [2.45, 2.75) is 84.0 Å². The molecule has 5 aromatic rings. The fraction of sp³-hybridized carbons (Fsp3) is 0.421. The Hall–Kier alpha value is -3.92. The average Bonchev–Trinajstić information content (AvgIpc) is 3.52. The van der Waals surface area contributed by atoms with E-state index in [4.69, 9.17) is 26.2 Å². The molecule has 1 atom stereocenters. The van der Waals surface area contributed by atoms with Crippen molar-refractivity contribution >= 4 is 39.2 Å². The summed E-state index contributed by atoms with van der Waals surface area (Å²) in [4.78, 5) is 13.1. The van der Waals surface area contributed by atoms with Gasteiger partial charge in [0.15, 0.2) is 0 Å². The maximum atomic E-state index is 13.8. The van der Waals surface area contributed by atoms with Crippen LogP contribution < -0.4 is 4.74 Å². The molecule has 0 saturated carbocycles. The van der Waals surface area contributed by atoms with Crippen LogP contribution in [0.15, 0.2) is 48.5 Å². The Balaban J connectivity index is 1.44. The highest BCUT2D eigenvalue weighted by Gasteiger charge is 2.32. The monoisotopic (exact) mass is 675 g/mol. The first-order valence-electron chi connectivity index (χ1n) is 16.8. The molecule has 0 radical (unpaired) electrons. The van der Waals surface area contributed by atoms with Crippen molar-refractivity contribution in [3.63, 3.8) is 0 Å². The SMILES string of the molecule is CCc1c2c(nn1C)C(CCC(C)(C)O)OCCCCn1c(C(=O)O)c(CCCOc3cccc4cc(F)ccc34)c3ccc(Cl)c-2c31. The minimum atomic E-state index is -0.989. The van der Waals surface area contributed by atoms with E-state index in [9.17, 15) is 19.4 Å². The lowest BCUT2D eigenvalue weighted by molar-refractivity contribution is 0.00954. The number of ether oxygens (including phenoxy) is 2. The molecule has 10 heteroatoms. The van der Waals surface area contributed by atoms with E-state index in [0.717, 1.165) is 56.2 Å². The third-order valence-corrected chi connectivity index (χ3v) is 9.62. The summed E-state index contributed by atoms with van der Waals surface area (Å²) in [7, 11) is 1.92. The maximum absolute atomic E-state index is 13.8. The van der Waals surface area contributed by atoms with E-state index in [2.05, 4.69) is 6.92 Å². The molecule has 0 aliphatic carbocycles. The van der Waals surface area contributed by atoms with Crippen LogP contribution in [0.1, 0.15) is 86.4 Å². The van der Waals surface area contributed by atoms with Crippen LogP contribution in [0, 0.1) is 5.82 Å². The molecule has 2 N–H and O–H groups in total. The number of aromatic carboxylic acids is 1. The second kappa shape index (κ2) is 13.9. The molecule has 8 nitrogen and oxygen atoms in total. The normalized spacial score (nSPS) is 15.4. The molecule has 1 aliphatic rings. The van der Waals surface area contributed by atoms with Gasteiger partial charge in [0.2, 0.25) is 0 Å². The Kier molecular flexibility index (Phi) is 9.83. The van der Waals surface area contributed by atoms with Crippen molar-refractivity contribution in [1.29, 1.82) is 0 Å². The Morgan fingerprint density at radius 3 is 2.69 bits per heavy atom. The summed E-state index contributed by atoms with van der Waals surface area (Å²) in [6, 6.07) is 14.0. The quantitative estimate of drug-likeness (QED) is 0.144. The maximum Gasteiger partial charge on any atom is 0.352 e. The van der Waals surface area contributed by atoms with Crippen LogP contribution in [-0.4, -0.2) is 49.3 Å². The third-order valence-electron chi connectivity index (χ3n) is 9.31. The van der Waals surface area contributed by atoms with Gasteiger partial charge >= 0.3 is 5.97 Å². The summed E-state index contributed by atoms with van der Waals surface area (Å²) in [5.74, 6) is -0.629. The first-order chi connectivity index (χ1) is 23.0. The Labute approximate surface area is 285 Å². The van der Waals surface area contributed by atoms with Gasteiger partial charge in [-0.3, -0.25) is 4.68 Å². The number of aryl methyl sites for hydroxylation is 3. The minimum absolute atomic E-state index is 0.261. The van der Waals surface area contributed by atoms with Gasteiger partial charge in [0.05, 0.1) is 28.4 Å². The highest BCUT2D eigenvalue weighted by molar-refractivity contribution is 6.35. The van der Waals surface area contributed by atoms with Crippen LogP contribution in [0.2, 0.25) is 5.02 Å². The number of nitrogens with zero attached hydrogens (tertiary/aromatic N) is 3. The van der Waals surface area contributed by atoms with E-state index in [1.807, 2.05) is 46.6 Å². The number of hydrogen-bond acceptors (Lipinski definition) is 5. The first kappa shape index (κ1) is 34.0. The van der Waals surface area contributed by atoms with E-state index in [-0.39, 0.29) is 17.6 Å². The number of rotatable bonds is 10. The fourth-order valence-electron chi connectivity index (χ4n) is 7.10. The summed E-state index contributed by atoms with van der Waals surface area (Å²) in [6.07, 6.45) is 3.90. The predicted molar refractivity (Wildman–Crippen MR) is 187 cm³/mol. The molecule has 2 aromatic heterocycles. The van der Waals surface area contributed by atoms with Crippen molar-refractivity contribution in [2.75, 3.05) is 13.2 Å². The second-order valence-electron chi connectivity index (χ2n) is 13.3. The van der Waals surface area contributed by atoms with Gasteiger partial charge in [-0.2, -0.15) is 5.10 Å². The molecule has 0 spiro atoms. The topological polar surface area (TPSA) is 98.7 Å². The number of benzene rings is 3. The van der Waals surface area contributed by atoms with Crippen LogP contribution in [-0.2, 0) is 31.2 Å². The number of fused-ring (bicyclic) bond motifs is 3. The molecule has 48 heavy (non-hydrogen) atoms. The number of carbonyl (C=O) groups is 1. The van der Waals surface area contributed by atoms with Crippen molar-refractivity contribution in [1.82, 2.24) is 14.3 Å². The molecule has 3 aromatic carbocycles. The van der Waals surface area contributed by atoms with Gasteiger partial charge in [-0.1, -0.05) is 36.7 Å². The zero-order chi connectivity index (χ0) is 34.2. The molecule has 1 aliphatic heterocycles. The average molecular weight is 676 g/mol. The van der Waals surface area contributed by atoms with Crippen molar-refractivity contribution < 1.29 is 28.9 Å². The van der Waals surface area contributed by atoms with E-state index in [1.165, 1.54) is 12.1 Å². The Morgan fingerprint density at radius 1 is 1.15 bits per heavy atom. The van der Waals surface area contributed by atoms with E-state index >= 15 is 0 Å². The largest absolute Gasteiger partial charge is 0.493 e. The van der Waals surface area contributed by atoms with E-state index in [0.29, 0.717) is 69.1 Å². The molecule has 254 valence electrons. The first-order valence-corrected chi connectivity index (χ1v) is 17.1. The number of aromatic nitrogens is 3. The zero-order valence-corrected chi connectivity index (χ0v) is 28.7. The van der Waals surface area contributed by atoms with Crippen LogP contribution in [0.4, 0.5) is 4.39 Å². The summed E-state index contributed by atoms with van der Waals surface area (Å²) in [5, 5.41) is 29.2. The van der Waals surface area contributed by atoms with Crippen molar-refractivity contribution in [3.05, 3.63) is 82.0 Å². The summed E-state index contributed by atoms with van der Waals surface area (Å²) >= 11 is 7.10. The van der Waals surface area contributed by atoms with Gasteiger partial charge in [-0.25, -0.2) is 9.18 Å². The Morgan fingerprint density at radius 2 is 1.94 bits per heavy atom. The second-order valence-corrected chi connectivity index (χ2v) is 13.7. The van der Waals surface area contributed by atoms with Gasteiger partial charge in [0.1, 0.15) is 23.4 Å². The molecular formula is C38H43ClFN3O5. The molecular weight excluding hydrogens is 633 g/mol. The zero-order valence-electron chi connectivity index (χ0n) is 28.0. The third kappa shape index (κ3) is 6.68. The minimum Gasteiger partial charge on any atom is -0.493 e. The molecule has 1 unspecified atom stereocenters. The molecule has 0 amide bonds. The summed E-state index contributed by atoms with van der Waals surface area (Å²) in [5.41, 5.74) is 4.29. The van der Waals surface area contributed by atoms with Crippen LogP contribution in [0.3, 0.4) is 0 Å². The number of halogens is 2. The molecule has 0 fully saturated rings. The predicted octanol–water partition coefficient (Wildman–Crippen LogP) is 8.66. The standard InChI is InChI=1S/C38H43ClFN3O5/c1-5-29-33-32-28(39)16-15-27-26(11-9-21-47-30-12-8-10-23-22-24(40)13-14-25(23)30)36(37(44)45)43(35(27)32)19-6-7-20-48-31(17-18-38(2,3)46)34(33)41-42(29)4/h8,10,12-16,22,31,46H,5-7,9,11,17-21H2,1-4H3,(H,44,45). The number of carboxylic acid groups (broad SMARTS) is 1. The fourth-order valence-corrected chi connectivity index (χ4v) is 7.35. The van der Waals surface area contributed by atoms with Gasteiger partial charge in [-0.15, -0.1) is 0 Å². The van der Waals surface area contributed by atoms with Gasteiger partial charge in [0, 0.05) is 47.8 Å². The molecule has 0 saturated heterocycles. The molecule has 6 rings (SSSR count). The van der Waals surface area contributed by atoms with Crippen molar-refractivity contribution in [2.24, 2.45) is 7.05 Å². The number of hydrogen-bond donors (Lipinski definition) is 2. The molecule has 0 bridgehead atoms. The van der Waals surface area contributed by atoms with Crippen LogP contribution in [0.5, 0.6) is 5.75 Å². The Bertz CT molecular complexity index is 1980. The van der Waals surface area contributed by atoms with E-state index in [1.54, 1.807) is 19.9 Å². The van der Waals surface area contributed by atoms with Gasteiger partial charge < -0.3 is 24.3 Å². The number of carboxylic acids is 1. The molecule has 3 heterocycles. The lowest BCUT2D eigenvalue weighted by atomic mass is 9.92. The van der Waals surface area contributed by atoms with Gasteiger partial charge in [-0.05, 0) is 100 Å². The van der Waals surface area contributed by atoms with Crippen LogP contribution in [0.25, 0.3) is 32.8 Å². The number of aliphatic hydroxyl groups is 1. The summed E-state index contributed by atoms with van der Waals surface area (Å²) in [6.45, 7) is 6.99. The summed E-state index contributed by atoms with van der Waals surface area (Å²) < 4.78 is 30.2. The lowest BCUT2D eigenvalue weighted by Crippen LogP contribution is -2.20. The lowest BCUT2D eigenvalue weighted by Gasteiger charge is -2.23. The highest BCUT2D eigenvalue weighted by Crippen LogP contribution is 2.45. The van der Waals surface area contributed by atoms with Crippen molar-refractivity contribution in [3.8, 4) is 16.9 Å². The van der Waals surface area contributed by atoms with E-state index < -0.39 is 11.6 Å². The van der Waals surface area contributed by atoms with Gasteiger partial charge in [0.25, 0.3) is 0 Å². The highest BCUT2D eigenvalue weighted by atomic mass is 35.5. The smallest absolute Gasteiger partial charge is 0.352 e. The van der Waals surface area contributed by atoms with Crippen LogP contribution >= 0.6 is 11.6 Å².